The van der Waals surface area contributed by atoms with Crippen LogP contribution in [0.15, 0.2) is 18.2 Å². The van der Waals surface area contributed by atoms with Crippen LogP contribution in [0.1, 0.15) is 45.6 Å². The minimum Gasteiger partial charge on any atom is -0.307 e. The van der Waals surface area contributed by atoms with Gasteiger partial charge in [-0.05, 0) is 30.9 Å². The molecule has 0 unspecified atom stereocenters. The van der Waals surface area contributed by atoms with Crippen LogP contribution in [0.25, 0.3) is 0 Å². The molecule has 1 aromatic carbocycles. The molecular formula is C14H21ClFN. The summed E-state index contributed by atoms with van der Waals surface area (Å²) in [6.07, 6.45) is 3.19. The maximum atomic E-state index is 13.3. The van der Waals surface area contributed by atoms with Crippen LogP contribution >= 0.6 is 11.6 Å². The van der Waals surface area contributed by atoms with Gasteiger partial charge in [-0.15, -0.1) is 0 Å². The van der Waals surface area contributed by atoms with E-state index in [4.69, 9.17) is 11.6 Å². The molecule has 0 aromatic heterocycles. The van der Waals surface area contributed by atoms with Crippen molar-refractivity contribution in [3.05, 3.63) is 34.6 Å². The van der Waals surface area contributed by atoms with Crippen molar-refractivity contribution in [2.24, 2.45) is 0 Å². The summed E-state index contributed by atoms with van der Waals surface area (Å²) in [5.74, 6) is -0.346. The molecule has 0 amide bonds. The molecule has 0 atom stereocenters. The number of hydrogen-bond acceptors (Lipinski definition) is 1. The molecule has 0 aliphatic carbocycles. The van der Waals surface area contributed by atoms with Gasteiger partial charge in [-0.3, -0.25) is 0 Å². The zero-order valence-electron chi connectivity index (χ0n) is 10.8. The van der Waals surface area contributed by atoms with Gasteiger partial charge in [0.2, 0.25) is 0 Å². The number of nitrogens with one attached hydrogen (secondary N) is 1. The largest absolute Gasteiger partial charge is 0.307 e. The minimum absolute atomic E-state index is 0.135. The summed E-state index contributed by atoms with van der Waals surface area (Å²) in [6, 6.07) is 4.95. The summed E-state index contributed by atoms with van der Waals surface area (Å²) in [6.45, 7) is 7.14. The Hall–Kier alpha value is -0.600. The van der Waals surface area contributed by atoms with Crippen molar-refractivity contribution in [1.29, 1.82) is 0 Å². The fraction of sp³-hybridized carbons (Fsp3) is 0.571. The summed E-state index contributed by atoms with van der Waals surface area (Å²) in [5, 5.41) is 3.75. The number of halogens is 2. The van der Waals surface area contributed by atoms with Crippen molar-refractivity contribution < 1.29 is 4.39 Å². The number of benzene rings is 1. The second kappa shape index (κ2) is 6.36. The molecular weight excluding hydrogens is 237 g/mol. The van der Waals surface area contributed by atoms with Crippen LogP contribution in [-0.2, 0) is 6.54 Å². The highest BCUT2D eigenvalue weighted by Gasteiger charge is 2.23. The Balaban J connectivity index is 2.75. The van der Waals surface area contributed by atoms with E-state index in [-0.39, 0.29) is 16.4 Å². The lowest BCUT2D eigenvalue weighted by Gasteiger charge is -2.32. The third-order valence-electron chi connectivity index (χ3n) is 3.72. The summed E-state index contributed by atoms with van der Waals surface area (Å²) in [5.41, 5.74) is 0.960. The molecule has 0 heterocycles. The topological polar surface area (TPSA) is 12.0 Å². The van der Waals surface area contributed by atoms with Gasteiger partial charge in [-0.1, -0.05) is 44.5 Å². The normalized spacial score (nSPS) is 11.8. The highest BCUT2D eigenvalue weighted by atomic mass is 35.5. The van der Waals surface area contributed by atoms with Crippen molar-refractivity contribution >= 4 is 11.6 Å². The molecule has 1 nitrogen and oxygen atoms in total. The lowest BCUT2D eigenvalue weighted by Crippen LogP contribution is -2.43. The molecule has 96 valence electrons. The van der Waals surface area contributed by atoms with E-state index in [1.807, 2.05) is 6.07 Å². The van der Waals surface area contributed by atoms with Crippen molar-refractivity contribution in [3.63, 3.8) is 0 Å². The maximum absolute atomic E-state index is 13.3. The first-order valence-corrected chi connectivity index (χ1v) is 6.64. The summed E-state index contributed by atoms with van der Waals surface area (Å²) in [4.78, 5) is 0. The average Bonchev–Trinajstić information content (AvgIpc) is 2.36. The Bertz CT molecular complexity index is 353. The molecule has 0 aliphatic heterocycles. The zero-order valence-corrected chi connectivity index (χ0v) is 11.6. The van der Waals surface area contributed by atoms with Crippen LogP contribution in [-0.4, -0.2) is 5.54 Å². The van der Waals surface area contributed by atoms with Gasteiger partial charge in [0.1, 0.15) is 5.82 Å². The van der Waals surface area contributed by atoms with E-state index in [1.54, 1.807) is 6.07 Å². The molecule has 0 aliphatic rings. The minimum atomic E-state index is -0.346. The average molecular weight is 258 g/mol. The van der Waals surface area contributed by atoms with Gasteiger partial charge < -0.3 is 5.32 Å². The third kappa shape index (κ3) is 3.43. The van der Waals surface area contributed by atoms with Gasteiger partial charge in [0.25, 0.3) is 0 Å². The molecule has 0 fully saturated rings. The Labute approximate surface area is 108 Å². The standard InChI is InChI=1S/C14H21ClFN/c1-4-14(5-2,6-3)17-10-11-8-7-9-12(16)13(11)15/h7-9,17H,4-6,10H2,1-3H3. The van der Waals surface area contributed by atoms with Gasteiger partial charge in [-0.2, -0.15) is 0 Å². The molecule has 1 aromatic rings. The molecule has 1 rings (SSSR count). The molecule has 0 spiro atoms. The first kappa shape index (κ1) is 14.5. The molecule has 0 bridgehead atoms. The van der Waals surface area contributed by atoms with E-state index in [0.717, 1.165) is 24.8 Å². The van der Waals surface area contributed by atoms with Crippen molar-refractivity contribution in [2.45, 2.75) is 52.1 Å². The van der Waals surface area contributed by atoms with Gasteiger partial charge in [0.05, 0.1) is 5.02 Å². The van der Waals surface area contributed by atoms with Crippen molar-refractivity contribution in [2.75, 3.05) is 0 Å². The fourth-order valence-corrected chi connectivity index (χ4v) is 2.29. The highest BCUT2D eigenvalue weighted by molar-refractivity contribution is 6.31. The predicted octanol–water partition coefficient (Wildman–Crippen LogP) is 4.54. The lowest BCUT2D eigenvalue weighted by atomic mass is 9.89. The summed E-state index contributed by atoms with van der Waals surface area (Å²) < 4.78 is 13.3. The molecule has 0 saturated carbocycles. The van der Waals surface area contributed by atoms with Crippen molar-refractivity contribution in [3.8, 4) is 0 Å². The Morgan fingerprint density at radius 1 is 1.18 bits per heavy atom. The predicted molar refractivity (Wildman–Crippen MR) is 71.9 cm³/mol. The third-order valence-corrected chi connectivity index (χ3v) is 4.14. The number of rotatable bonds is 6. The molecule has 0 radical (unpaired) electrons. The highest BCUT2D eigenvalue weighted by Crippen LogP contribution is 2.23. The smallest absolute Gasteiger partial charge is 0.142 e. The van der Waals surface area contributed by atoms with Gasteiger partial charge in [0.15, 0.2) is 0 Å². The van der Waals surface area contributed by atoms with Crippen LogP contribution in [0.4, 0.5) is 4.39 Å². The summed E-state index contributed by atoms with van der Waals surface area (Å²) in [7, 11) is 0. The second-order valence-electron chi connectivity index (χ2n) is 4.41. The SMILES string of the molecule is CCC(CC)(CC)NCc1cccc(F)c1Cl. The van der Waals surface area contributed by atoms with E-state index < -0.39 is 0 Å². The Morgan fingerprint density at radius 2 is 1.76 bits per heavy atom. The monoisotopic (exact) mass is 257 g/mol. The van der Waals surface area contributed by atoms with Crippen LogP contribution in [0, 0.1) is 5.82 Å². The Morgan fingerprint density at radius 3 is 2.29 bits per heavy atom. The van der Waals surface area contributed by atoms with E-state index in [1.165, 1.54) is 6.07 Å². The van der Waals surface area contributed by atoms with E-state index >= 15 is 0 Å². The lowest BCUT2D eigenvalue weighted by molar-refractivity contribution is 0.288. The quantitative estimate of drug-likeness (QED) is 0.789. The fourth-order valence-electron chi connectivity index (χ4n) is 2.09. The molecule has 17 heavy (non-hydrogen) atoms. The summed E-state index contributed by atoms with van der Waals surface area (Å²) >= 11 is 5.94. The molecule has 0 saturated heterocycles. The van der Waals surface area contributed by atoms with Crippen molar-refractivity contribution in [1.82, 2.24) is 5.32 Å². The Kier molecular flexibility index (Phi) is 5.41. The maximum Gasteiger partial charge on any atom is 0.142 e. The van der Waals surface area contributed by atoms with E-state index in [2.05, 4.69) is 26.1 Å². The van der Waals surface area contributed by atoms with Crippen LogP contribution in [0.3, 0.4) is 0 Å². The van der Waals surface area contributed by atoms with Crippen LogP contribution in [0.5, 0.6) is 0 Å². The first-order chi connectivity index (χ1) is 8.08. The van der Waals surface area contributed by atoms with Gasteiger partial charge in [-0.25, -0.2) is 4.39 Å². The number of hydrogen-bond donors (Lipinski definition) is 1. The molecule has 3 heteroatoms. The van der Waals surface area contributed by atoms with E-state index in [9.17, 15) is 4.39 Å². The van der Waals surface area contributed by atoms with Crippen LogP contribution in [0.2, 0.25) is 5.02 Å². The van der Waals surface area contributed by atoms with Gasteiger partial charge >= 0.3 is 0 Å². The zero-order chi connectivity index (χ0) is 12.9. The first-order valence-electron chi connectivity index (χ1n) is 6.26. The molecule has 1 N–H and O–H groups in total. The van der Waals surface area contributed by atoms with Gasteiger partial charge in [0, 0.05) is 12.1 Å². The second-order valence-corrected chi connectivity index (χ2v) is 4.79. The van der Waals surface area contributed by atoms with Crippen LogP contribution < -0.4 is 5.32 Å². The van der Waals surface area contributed by atoms with E-state index in [0.29, 0.717) is 6.54 Å².